The van der Waals surface area contributed by atoms with Crippen LogP contribution < -0.4 is 0 Å². The maximum atomic E-state index is 12.8. The average Bonchev–Trinajstić information content (AvgIpc) is 2.91. The summed E-state index contributed by atoms with van der Waals surface area (Å²) in [4.78, 5) is 0. The van der Waals surface area contributed by atoms with Crippen LogP contribution in [0.1, 0.15) is 65.7 Å². The van der Waals surface area contributed by atoms with Crippen LogP contribution in [0, 0.1) is 34.5 Å². The molecule has 0 heterocycles. The quantitative estimate of drug-likeness (QED) is 0.316. The van der Waals surface area contributed by atoms with E-state index in [1.165, 1.54) is 12.8 Å². The van der Waals surface area contributed by atoms with Crippen LogP contribution in [-0.2, 0) is 14.3 Å². The summed E-state index contributed by atoms with van der Waals surface area (Å²) in [5.74, 6) is 1.74. The van der Waals surface area contributed by atoms with Crippen molar-refractivity contribution < 1.29 is 25.8 Å². The van der Waals surface area contributed by atoms with Crippen molar-refractivity contribution in [1.82, 2.24) is 0 Å². The Labute approximate surface area is 165 Å². The Kier molecular flexibility index (Phi) is 4.54. The Morgan fingerprint density at radius 2 is 1.71 bits per heavy atom. The van der Waals surface area contributed by atoms with Gasteiger partial charge in [0, 0.05) is 5.41 Å². The lowest BCUT2D eigenvalue weighted by atomic mass is 9.47. The molecule has 0 radical (unpaired) electrons. The average molecular weight is 419 g/mol. The van der Waals surface area contributed by atoms with E-state index in [-0.39, 0.29) is 17.1 Å². The molecule has 3 nitrogen and oxygen atoms in total. The summed E-state index contributed by atoms with van der Waals surface area (Å²) in [6.07, 6.45) is 10.6. The van der Waals surface area contributed by atoms with Crippen molar-refractivity contribution in [2.45, 2.75) is 71.2 Å². The van der Waals surface area contributed by atoms with Crippen LogP contribution in [0.15, 0.2) is 23.5 Å². The predicted molar refractivity (Wildman–Crippen MR) is 100 cm³/mol. The Bertz CT molecular complexity index is 828. The lowest BCUT2D eigenvalue weighted by Crippen LogP contribution is -2.49. The second kappa shape index (κ2) is 6.26. The van der Waals surface area contributed by atoms with Gasteiger partial charge in [0.15, 0.2) is 0 Å². The molecular formula is C21H29F3O3S. The molecule has 0 aromatic rings. The van der Waals surface area contributed by atoms with Crippen LogP contribution in [0.5, 0.6) is 0 Å². The monoisotopic (exact) mass is 418 g/mol. The van der Waals surface area contributed by atoms with Gasteiger partial charge in [-0.3, -0.25) is 0 Å². The molecule has 2 fully saturated rings. The lowest BCUT2D eigenvalue weighted by Gasteiger charge is -2.57. The first-order chi connectivity index (χ1) is 12.9. The maximum absolute atomic E-state index is 12.8. The summed E-state index contributed by atoms with van der Waals surface area (Å²) in [5.41, 5.74) is -4.28. The smallest absolute Gasteiger partial charge is 0.380 e. The summed E-state index contributed by atoms with van der Waals surface area (Å²) < 4.78 is 66.3. The zero-order valence-electron chi connectivity index (χ0n) is 16.7. The lowest BCUT2D eigenvalue weighted by molar-refractivity contribution is -0.0575. The van der Waals surface area contributed by atoms with Gasteiger partial charge in [0.2, 0.25) is 0 Å². The molecule has 4 aliphatic rings. The molecule has 0 N–H and O–H groups in total. The largest absolute Gasteiger partial charge is 0.534 e. The molecule has 0 unspecified atom stereocenters. The fourth-order valence-electron chi connectivity index (χ4n) is 6.67. The number of hydrogen-bond acceptors (Lipinski definition) is 3. The summed E-state index contributed by atoms with van der Waals surface area (Å²) in [6.45, 7) is 6.57. The van der Waals surface area contributed by atoms with Crippen molar-refractivity contribution in [1.29, 1.82) is 0 Å². The van der Waals surface area contributed by atoms with Gasteiger partial charge in [-0.2, -0.15) is 21.6 Å². The van der Waals surface area contributed by atoms with E-state index in [2.05, 4.69) is 24.1 Å². The van der Waals surface area contributed by atoms with Crippen molar-refractivity contribution >= 4 is 10.1 Å². The first-order valence-electron chi connectivity index (χ1n) is 10.3. The molecule has 158 valence electrons. The highest BCUT2D eigenvalue weighted by Crippen LogP contribution is 2.65. The zero-order chi connectivity index (χ0) is 20.5. The molecule has 0 aliphatic heterocycles. The standard InChI is InChI=1S/C21H29F3O3S/c1-13-8-10-19(2)14(12-13)4-5-15-16-6-7-18(20(16,3)11-9-17(15)19)27-28(25,26)21(22,23)24/h4,7,13,15-17H,5-6,8-12H2,1-3H3/t13-,15-,16-,17-,19-,20-/m0/s1. The molecule has 0 spiro atoms. The molecule has 28 heavy (non-hydrogen) atoms. The van der Waals surface area contributed by atoms with E-state index in [1.807, 2.05) is 6.92 Å². The van der Waals surface area contributed by atoms with Crippen molar-refractivity contribution in [2.24, 2.45) is 34.5 Å². The number of fused-ring (bicyclic) bond motifs is 5. The van der Waals surface area contributed by atoms with Crippen LogP contribution in [-0.4, -0.2) is 13.9 Å². The highest BCUT2D eigenvalue weighted by molar-refractivity contribution is 7.87. The molecule has 2 saturated carbocycles. The fourth-order valence-corrected chi connectivity index (χ4v) is 7.26. The third-order valence-corrected chi connectivity index (χ3v) is 9.31. The maximum Gasteiger partial charge on any atom is 0.534 e. The molecule has 7 heteroatoms. The number of rotatable bonds is 2. The molecule has 6 atom stereocenters. The molecule has 4 aliphatic carbocycles. The molecule has 0 saturated heterocycles. The van der Waals surface area contributed by atoms with Crippen molar-refractivity contribution in [3.8, 4) is 0 Å². The van der Waals surface area contributed by atoms with E-state index in [0.29, 0.717) is 30.6 Å². The fraction of sp³-hybridized carbons (Fsp3) is 0.810. The minimum Gasteiger partial charge on any atom is -0.380 e. The van der Waals surface area contributed by atoms with Gasteiger partial charge in [-0.25, -0.2) is 0 Å². The number of halogens is 3. The van der Waals surface area contributed by atoms with Crippen LogP contribution in [0.25, 0.3) is 0 Å². The van der Waals surface area contributed by atoms with Crippen LogP contribution in [0.3, 0.4) is 0 Å². The van der Waals surface area contributed by atoms with E-state index < -0.39 is 21.0 Å². The van der Waals surface area contributed by atoms with Crippen LogP contribution in [0.4, 0.5) is 13.2 Å². The van der Waals surface area contributed by atoms with Crippen molar-refractivity contribution in [3.05, 3.63) is 23.5 Å². The summed E-state index contributed by atoms with van der Waals surface area (Å²) in [6, 6.07) is 0. The van der Waals surface area contributed by atoms with Gasteiger partial charge in [-0.1, -0.05) is 32.4 Å². The number of allylic oxidation sites excluding steroid dienone is 4. The Morgan fingerprint density at radius 3 is 2.39 bits per heavy atom. The molecule has 0 amide bonds. The van der Waals surface area contributed by atoms with E-state index in [0.717, 1.165) is 19.3 Å². The summed E-state index contributed by atoms with van der Waals surface area (Å²) in [5, 5.41) is 0. The molecule has 0 bridgehead atoms. The normalized spacial score (nSPS) is 43.4. The predicted octanol–water partition coefficient (Wildman–Crippen LogP) is 5.95. The van der Waals surface area contributed by atoms with E-state index in [4.69, 9.17) is 0 Å². The Morgan fingerprint density at radius 1 is 1.04 bits per heavy atom. The second-order valence-electron chi connectivity index (χ2n) is 9.85. The third kappa shape index (κ3) is 2.86. The van der Waals surface area contributed by atoms with Gasteiger partial charge in [-0.15, -0.1) is 0 Å². The summed E-state index contributed by atoms with van der Waals surface area (Å²) in [7, 11) is -5.62. The minimum absolute atomic E-state index is 0.00507. The van der Waals surface area contributed by atoms with Gasteiger partial charge in [0.25, 0.3) is 0 Å². The summed E-state index contributed by atoms with van der Waals surface area (Å²) >= 11 is 0. The number of hydrogen-bond donors (Lipinski definition) is 0. The van der Waals surface area contributed by atoms with Crippen molar-refractivity contribution in [2.75, 3.05) is 0 Å². The van der Waals surface area contributed by atoms with Crippen LogP contribution in [0.2, 0.25) is 0 Å². The van der Waals surface area contributed by atoms with Crippen LogP contribution >= 0.6 is 0 Å². The topological polar surface area (TPSA) is 43.4 Å². The van der Waals surface area contributed by atoms with Gasteiger partial charge in [-0.05, 0) is 80.1 Å². The molecule has 0 aromatic heterocycles. The number of alkyl halides is 3. The van der Waals surface area contributed by atoms with Gasteiger partial charge in [0.1, 0.15) is 5.76 Å². The first-order valence-corrected chi connectivity index (χ1v) is 11.7. The first kappa shape index (κ1) is 20.3. The van der Waals surface area contributed by atoms with Gasteiger partial charge in [0.05, 0.1) is 0 Å². The minimum atomic E-state index is -5.62. The Hall–Kier alpha value is -0.980. The second-order valence-corrected chi connectivity index (χ2v) is 11.4. The Balaban J connectivity index is 1.60. The molecule has 0 aromatic carbocycles. The van der Waals surface area contributed by atoms with Gasteiger partial charge >= 0.3 is 15.6 Å². The van der Waals surface area contributed by atoms with E-state index in [9.17, 15) is 21.6 Å². The SMILES string of the molecule is C[C@H]1CC[C@@]2(C)C(=CC[C@@H]3[C@@H]2CC[C@]2(C)C(OS(=O)(=O)C(F)(F)F)=CC[C@@H]32)C1. The molecular weight excluding hydrogens is 389 g/mol. The highest BCUT2D eigenvalue weighted by Gasteiger charge is 2.59. The van der Waals surface area contributed by atoms with E-state index >= 15 is 0 Å². The highest BCUT2D eigenvalue weighted by atomic mass is 32.2. The van der Waals surface area contributed by atoms with Gasteiger partial charge < -0.3 is 4.18 Å². The zero-order valence-corrected chi connectivity index (χ0v) is 17.5. The molecule has 4 rings (SSSR count). The van der Waals surface area contributed by atoms with E-state index in [1.54, 1.807) is 11.6 Å². The third-order valence-electron chi connectivity index (χ3n) is 8.34. The van der Waals surface area contributed by atoms with Crippen molar-refractivity contribution in [3.63, 3.8) is 0 Å².